The number of nitrogens with one attached hydrogen (secondary N) is 1. The van der Waals surface area contributed by atoms with Gasteiger partial charge in [-0.25, -0.2) is 0 Å². The van der Waals surface area contributed by atoms with Crippen molar-refractivity contribution in [2.75, 3.05) is 6.54 Å². The first kappa shape index (κ1) is 13.1. The first-order chi connectivity index (χ1) is 8.40. The van der Waals surface area contributed by atoms with Crippen LogP contribution in [0.5, 0.6) is 0 Å². The van der Waals surface area contributed by atoms with Gasteiger partial charge in [0.2, 0.25) is 0 Å². The van der Waals surface area contributed by atoms with Crippen molar-refractivity contribution in [1.82, 2.24) is 5.32 Å². The molecular formula is C15H25NS. The summed E-state index contributed by atoms with van der Waals surface area (Å²) < 4.78 is 0. The largest absolute Gasteiger partial charge is 0.314 e. The highest BCUT2D eigenvalue weighted by molar-refractivity contribution is 7.07. The van der Waals surface area contributed by atoms with Crippen LogP contribution in [0.4, 0.5) is 0 Å². The quantitative estimate of drug-likeness (QED) is 0.772. The van der Waals surface area contributed by atoms with Gasteiger partial charge in [-0.2, -0.15) is 11.3 Å². The summed E-state index contributed by atoms with van der Waals surface area (Å²) in [6.45, 7) is 3.45. The Kier molecular flexibility index (Phi) is 5.53. The lowest BCUT2D eigenvalue weighted by molar-refractivity contribution is 0.333. The zero-order chi connectivity index (χ0) is 11.9. The van der Waals surface area contributed by atoms with Crippen LogP contribution in [0.1, 0.15) is 51.0 Å². The molecule has 0 saturated heterocycles. The Balaban J connectivity index is 1.93. The maximum Gasteiger partial charge on any atom is 0.00985 e. The van der Waals surface area contributed by atoms with Crippen molar-refractivity contribution < 1.29 is 0 Å². The van der Waals surface area contributed by atoms with Gasteiger partial charge in [0.1, 0.15) is 0 Å². The second kappa shape index (κ2) is 7.17. The molecule has 96 valence electrons. The molecule has 2 rings (SSSR count). The fourth-order valence-corrected chi connectivity index (χ4v) is 3.62. The molecule has 0 amide bonds. The van der Waals surface area contributed by atoms with Crippen molar-refractivity contribution >= 4 is 11.3 Å². The van der Waals surface area contributed by atoms with Crippen molar-refractivity contribution in [2.45, 2.75) is 57.9 Å². The molecule has 1 nitrogen and oxygen atoms in total. The number of hydrogen-bond donors (Lipinski definition) is 1. The third kappa shape index (κ3) is 4.11. The fraction of sp³-hybridized carbons (Fsp3) is 0.733. The van der Waals surface area contributed by atoms with Crippen LogP contribution in [0.2, 0.25) is 0 Å². The van der Waals surface area contributed by atoms with Crippen LogP contribution >= 0.6 is 11.3 Å². The molecule has 1 fully saturated rings. The van der Waals surface area contributed by atoms with E-state index >= 15 is 0 Å². The molecule has 1 saturated carbocycles. The lowest BCUT2D eigenvalue weighted by Gasteiger charge is -2.26. The molecule has 1 aliphatic carbocycles. The molecule has 17 heavy (non-hydrogen) atoms. The Labute approximate surface area is 110 Å². The Morgan fingerprint density at radius 1 is 1.29 bits per heavy atom. The third-order valence-electron chi connectivity index (χ3n) is 3.89. The lowest BCUT2D eigenvalue weighted by Crippen LogP contribution is -2.37. The van der Waals surface area contributed by atoms with Gasteiger partial charge >= 0.3 is 0 Å². The Bertz CT molecular complexity index is 294. The fourth-order valence-electron chi connectivity index (χ4n) is 2.94. The minimum absolute atomic E-state index is 0.761. The van der Waals surface area contributed by atoms with Crippen LogP contribution in [0.25, 0.3) is 0 Å². The maximum atomic E-state index is 3.78. The van der Waals surface area contributed by atoms with Crippen LogP contribution < -0.4 is 5.32 Å². The molecule has 0 spiro atoms. The summed E-state index contributed by atoms with van der Waals surface area (Å²) in [7, 11) is 0. The molecular weight excluding hydrogens is 226 g/mol. The summed E-state index contributed by atoms with van der Waals surface area (Å²) in [5.41, 5.74) is 1.55. The molecule has 1 aromatic rings. The van der Waals surface area contributed by atoms with E-state index in [9.17, 15) is 0 Å². The van der Waals surface area contributed by atoms with Crippen LogP contribution in [0.3, 0.4) is 0 Å². The third-order valence-corrected chi connectivity index (χ3v) is 4.63. The van der Waals surface area contributed by atoms with E-state index in [1.54, 1.807) is 5.56 Å². The van der Waals surface area contributed by atoms with Gasteiger partial charge in [-0.05, 0) is 60.5 Å². The van der Waals surface area contributed by atoms with Gasteiger partial charge in [0.15, 0.2) is 0 Å². The van der Waals surface area contributed by atoms with E-state index in [-0.39, 0.29) is 0 Å². The standard InChI is InChI=1S/C15H25NS/c1-2-9-16-15-7-5-3-4-6-14(15)11-13-8-10-17-12-13/h8,10,12,14-16H,2-7,9,11H2,1H3. The second-order valence-electron chi connectivity index (χ2n) is 5.29. The molecule has 0 aliphatic heterocycles. The molecule has 1 N–H and O–H groups in total. The average Bonchev–Trinajstić information content (AvgIpc) is 2.74. The van der Waals surface area contributed by atoms with Gasteiger partial charge in [-0.15, -0.1) is 0 Å². The Hall–Kier alpha value is -0.340. The summed E-state index contributed by atoms with van der Waals surface area (Å²) in [6, 6.07) is 3.06. The smallest absolute Gasteiger partial charge is 0.00985 e. The molecule has 0 radical (unpaired) electrons. The van der Waals surface area contributed by atoms with Crippen LogP contribution in [0, 0.1) is 5.92 Å². The van der Waals surface area contributed by atoms with Crippen molar-refractivity contribution in [3.05, 3.63) is 22.4 Å². The van der Waals surface area contributed by atoms with Crippen molar-refractivity contribution in [1.29, 1.82) is 0 Å². The molecule has 2 atom stereocenters. The average molecular weight is 251 g/mol. The minimum Gasteiger partial charge on any atom is -0.314 e. The number of thiophene rings is 1. The van der Waals surface area contributed by atoms with Crippen LogP contribution in [0.15, 0.2) is 16.8 Å². The normalized spacial score (nSPS) is 25.7. The van der Waals surface area contributed by atoms with Crippen LogP contribution in [-0.2, 0) is 6.42 Å². The highest BCUT2D eigenvalue weighted by Gasteiger charge is 2.23. The SMILES string of the molecule is CCCNC1CCCCCC1Cc1ccsc1. The lowest BCUT2D eigenvalue weighted by atomic mass is 9.89. The minimum atomic E-state index is 0.761. The van der Waals surface area contributed by atoms with E-state index in [1.807, 2.05) is 11.3 Å². The van der Waals surface area contributed by atoms with Gasteiger partial charge in [0, 0.05) is 6.04 Å². The van der Waals surface area contributed by atoms with Gasteiger partial charge < -0.3 is 5.32 Å². The monoisotopic (exact) mass is 251 g/mol. The summed E-state index contributed by atoms with van der Waals surface area (Å²) >= 11 is 1.83. The molecule has 2 unspecified atom stereocenters. The molecule has 2 heteroatoms. The van der Waals surface area contributed by atoms with Crippen molar-refractivity contribution in [3.8, 4) is 0 Å². The van der Waals surface area contributed by atoms with Gasteiger partial charge in [0.25, 0.3) is 0 Å². The van der Waals surface area contributed by atoms with Gasteiger partial charge in [0.05, 0.1) is 0 Å². The summed E-state index contributed by atoms with van der Waals surface area (Å²) in [5.74, 6) is 0.860. The number of rotatable bonds is 5. The van der Waals surface area contributed by atoms with E-state index < -0.39 is 0 Å². The first-order valence-electron chi connectivity index (χ1n) is 7.14. The highest BCUT2D eigenvalue weighted by atomic mass is 32.1. The van der Waals surface area contributed by atoms with Gasteiger partial charge in [-0.1, -0.05) is 26.2 Å². The molecule has 1 heterocycles. The predicted molar refractivity (Wildman–Crippen MR) is 76.7 cm³/mol. The predicted octanol–water partition coefficient (Wildman–Crippen LogP) is 4.24. The first-order valence-corrected chi connectivity index (χ1v) is 8.09. The molecule has 1 aliphatic rings. The summed E-state index contributed by atoms with van der Waals surface area (Å²) in [4.78, 5) is 0. The van der Waals surface area contributed by atoms with Gasteiger partial charge in [-0.3, -0.25) is 0 Å². The van der Waals surface area contributed by atoms with Crippen molar-refractivity contribution in [3.63, 3.8) is 0 Å². The molecule has 0 aromatic carbocycles. The Morgan fingerprint density at radius 2 is 2.18 bits per heavy atom. The summed E-state index contributed by atoms with van der Waals surface area (Å²) in [5, 5.41) is 8.31. The Morgan fingerprint density at radius 3 is 2.94 bits per heavy atom. The van der Waals surface area contributed by atoms with E-state index in [0.717, 1.165) is 12.0 Å². The topological polar surface area (TPSA) is 12.0 Å². The van der Waals surface area contributed by atoms with Crippen molar-refractivity contribution in [2.24, 2.45) is 5.92 Å². The maximum absolute atomic E-state index is 3.78. The van der Waals surface area contributed by atoms with E-state index in [4.69, 9.17) is 0 Å². The zero-order valence-electron chi connectivity index (χ0n) is 11.0. The second-order valence-corrected chi connectivity index (χ2v) is 6.07. The summed E-state index contributed by atoms with van der Waals surface area (Å²) in [6.07, 6.45) is 9.61. The zero-order valence-corrected chi connectivity index (χ0v) is 11.8. The van der Waals surface area contributed by atoms with E-state index in [2.05, 4.69) is 29.1 Å². The molecule has 0 bridgehead atoms. The molecule has 1 aromatic heterocycles. The van der Waals surface area contributed by atoms with Crippen LogP contribution in [-0.4, -0.2) is 12.6 Å². The highest BCUT2D eigenvalue weighted by Crippen LogP contribution is 2.27. The van der Waals surface area contributed by atoms with E-state index in [1.165, 1.54) is 51.5 Å². The van der Waals surface area contributed by atoms with E-state index in [0.29, 0.717) is 0 Å². The number of hydrogen-bond acceptors (Lipinski definition) is 2.